The van der Waals surface area contributed by atoms with E-state index in [0.717, 1.165) is 4.90 Å². The highest BCUT2D eigenvalue weighted by atomic mass is 35.5. The molecule has 1 heterocycles. The number of ether oxygens (including phenoxy) is 1. The molecule has 1 aliphatic rings. The molecular weight excluding hydrogens is 449 g/mol. The predicted molar refractivity (Wildman–Crippen MR) is 115 cm³/mol. The van der Waals surface area contributed by atoms with Crippen molar-refractivity contribution >= 4 is 58.5 Å². The maximum atomic E-state index is 12.9. The van der Waals surface area contributed by atoms with Gasteiger partial charge in [0.05, 0.1) is 21.2 Å². The van der Waals surface area contributed by atoms with Crippen molar-refractivity contribution in [1.82, 2.24) is 4.90 Å². The first kappa shape index (κ1) is 22.3. The van der Waals surface area contributed by atoms with E-state index in [0.29, 0.717) is 11.3 Å². The minimum atomic E-state index is -1.16. The lowest BCUT2D eigenvalue weighted by atomic mass is 10.1. The van der Waals surface area contributed by atoms with Crippen LogP contribution < -0.4 is 0 Å². The summed E-state index contributed by atoms with van der Waals surface area (Å²) in [6.07, 6.45) is 2.02. The molecule has 2 aromatic carbocycles. The summed E-state index contributed by atoms with van der Waals surface area (Å²) in [7, 11) is 0. The van der Waals surface area contributed by atoms with Gasteiger partial charge in [-0.15, -0.1) is 0 Å². The van der Waals surface area contributed by atoms with E-state index in [2.05, 4.69) is 0 Å². The minimum Gasteiger partial charge on any atom is -0.456 e. The van der Waals surface area contributed by atoms with E-state index in [1.807, 2.05) is 6.26 Å². The van der Waals surface area contributed by atoms with Crippen molar-refractivity contribution in [2.75, 3.05) is 18.6 Å². The predicted octanol–water partition coefficient (Wildman–Crippen LogP) is 4.14. The monoisotopic (exact) mass is 465 g/mol. The van der Waals surface area contributed by atoms with Crippen LogP contribution in [0.2, 0.25) is 10.0 Å². The van der Waals surface area contributed by atoms with E-state index < -0.39 is 30.4 Å². The molecule has 0 saturated heterocycles. The highest BCUT2D eigenvalue weighted by molar-refractivity contribution is 7.98. The van der Waals surface area contributed by atoms with Crippen LogP contribution in [-0.4, -0.2) is 53.1 Å². The number of esters is 1. The quantitative estimate of drug-likeness (QED) is 0.331. The SMILES string of the molecule is CSCC[C@@H](C(=O)OCC(=O)c1ccccc1)N1C(=O)c2cc(Cl)c(Cl)cc2C1=O. The van der Waals surface area contributed by atoms with Gasteiger partial charge in [0.1, 0.15) is 6.04 Å². The molecule has 0 radical (unpaired) electrons. The minimum absolute atomic E-state index is 0.0803. The van der Waals surface area contributed by atoms with Gasteiger partial charge in [0.15, 0.2) is 12.4 Å². The third kappa shape index (κ3) is 4.53. The largest absolute Gasteiger partial charge is 0.456 e. The first-order valence-electron chi connectivity index (χ1n) is 8.96. The van der Waals surface area contributed by atoms with Gasteiger partial charge in [-0.1, -0.05) is 53.5 Å². The van der Waals surface area contributed by atoms with Crippen LogP contribution in [0, 0.1) is 0 Å². The molecule has 1 atom stereocenters. The van der Waals surface area contributed by atoms with Gasteiger partial charge in [0.2, 0.25) is 0 Å². The fraction of sp³-hybridized carbons (Fsp3) is 0.238. The smallest absolute Gasteiger partial charge is 0.329 e. The zero-order chi connectivity index (χ0) is 21.8. The summed E-state index contributed by atoms with van der Waals surface area (Å²) >= 11 is 13.4. The number of thioether (sulfide) groups is 1. The Kier molecular flexibility index (Phi) is 7.18. The summed E-state index contributed by atoms with van der Waals surface area (Å²) in [4.78, 5) is 51.6. The van der Waals surface area contributed by atoms with Crippen LogP contribution in [0.25, 0.3) is 0 Å². The summed E-state index contributed by atoms with van der Waals surface area (Å²) in [5, 5.41) is 0.269. The number of carbonyl (C=O) groups is 4. The van der Waals surface area contributed by atoms with Gasteiger partial charge in [0, 0.05) is 5.56 Å². The summed E-state index contributed by atoms with van der Waals surface area (Å²) < 4.78 is 5.18. The number of Topliss-reactive ketones (excluding diaryl/α,β-unsaturated/α-hetero) is 1. The van der Waals surface area contributed by atoms with Crippen LogP contribution in [0.1, 0.15) is 37.5 Å². The first-order valence-corrected chi connectivity index (χ1v) is 11.1. The maximum Gasteiger partial charge on any atom is 0.329 e. The Morgan fingerprint density at radius 3 is 2.13 bits per heavy atom. The molecule has 0 unspecified atom stereocenters. The second-order valence-corrected chi connectivity index (χ2v) is 8.29. The summed E-state index contributed by atoms with van der Waals surface area (Å²) in [5.41, 5.74) is 0.560. The fourth-order valence-electron chi connectivity index (χ4n) is 3.06. The number of hydrogen-bond acceptors (Lipinski definition) is 6. The van der Waals surface area contributed by atoms with Crippen molar-refractivity contribution in [1.29, 1.82) is 0 Å². The van der Waals surface area contributed by atoms with Crippen LogP contribution in [0.4, 0.5) is 0 Å². The van der Waals surface area contributed by atoms with E-state index in [1.54, 1.807) is 30.3 Å². The molecule has 2 aromatic rings. The number of fused-ring (bicyclic) bond motifs is 1. The lowest BCUT2D eigenvalue weighted by Crippen LogP contribution is -2.46. The van der Waals surface area contributed by atoms with Crippen LogP contribution in [0.5, 0.6) is 0 Å². The number of hydrogen-bond donors (Lipinski definition) is 0. The van der Waals surface area contributed by atoms with E-state index >= 15 is 0 Å². The number of nitrogens with zero attached hydrogens (tertiary/aromatic N) is 1. The molecule has 156 valence electrons. The number of imide groups is 1. The molecule has 3 rings (SSSR count). The van der Waals surface area contributed by atoms with Crippen molar-refractivity contribution in [2.24, 2.45) is 0 Å². The van der Waals surface area contributed by atoms with Crippen molar-refractivity contribution in [3.05, 3.63) is 69.2 Å². The lowest BCUT2D eigenvalue weighted by molar-refractivity contribution is -0.147. The van der Waals surface area contributed by atoms with Crippen molar-refractivity contribution in [2.45, 2.75) is 12.5 Å². The average Bonchev–Trinajstić information content (AvgIpc) is 2.97. The topological polar surface area (TPSA) is 80.8 Å². The van der Waals surface area contributed by atoms with Crippen molar-refractivity contribution in [3.63, 3.8) is 0 Å². The molecule has 9 heteroatoms. The Hall–Kier alpha value is -2.35. The van der Waals surface area contributed by atoms with Gasteiger partial charge in [-0.25, -0.2) is 4.79 Å². The number of halogens is 2. The Morgan fingerprint density at radius 1 is 1.03 bits per heavy atom. The normalized spacial score (nSPS) is 13.9. The molecule has 1 aliphatic heterocycles. The molecule has 0 saturated carbocycles. The highest BCUT2D eigenvalue weighted by Gasteiger charge is 2.43. The van der Waals surface area contributed by atoms with Gasteiger partial charge in [-0.05, 0) is 30.6 Å². The van der Waals surface area contributed by atoms with Crippen LogP contribution in [0.3, 0.4) is 0 Å². The van der Waals surface area contributed by atoms with Crippen molar-refractivity contribution < 1.29 is 23.9 Å². The maximum absolute atomic E-state index is 12.9. The van der Waals surface area contributed by atoms with Gasteiger partial charge >= 0.3 is 5.97 Å². The number of amides is 2. The molecule has 0 aromatic heterocycles. The average molecular weight is 466 g/mol. The first-order chi connectivity index (χ1) is 14.3. The molecule has 30 heavy (non-hydrogen) atoms. The number of benzene rings is 2. The fourth-order valence-corrected chi connectivity index (χ4v) is 3.84. The number of carbonyl (C=O) groups excluding carboxylic acids is 4. The van der Waals surface area contributed by atoms with E-state index in [9.17, 15) is 19.2 Å². The third-order valence-electron chi connectivity index (χ3n) is 4.58. The Balaban J connectivity index is 1.80. The summed E-state index contributed by atoms with van der Waals surface area (Å²) in [5.74, 6) is -1.99. The molecule has 0 fully saturated rings. The Bertz CT molecular complexity index is 971. The van der Waals surface area contributed by atoms with E-state index in [4.69, 9.17) is 27.9 Å². The second kappa shape index (κ2) is 9.64. The van der Waals surface area contributed by atoms with Crippen LogP contribution in [-0.2, 0) is 9.53 Å². The molecule has 2 amide bonds. The van der Waals surface area contributed by atoms with E-state index in [1.165, 1.54) is 23.9 Å². The third-order valence-corrected chi connectivity index (χ3v) is 5.95. The van der Waals surface area contributed by atoms with Gasteiger partial charge in [-0.2, -0.15) is 11.8 Å². The highest BCUT2D eigenvalue weighted by Crippen LogP contribution is 2.33. The summed E-state index contributed by atoms with van der Waals surface area (Å²) in [6, 6.07) is 9.85. The van der Waals surface area contributed by atoms with Crippen molar-refractivity contribution in [3.8, 4) is 0 Å². The zero-order valence-corrected chi connectivity index (χ0v) is 18.2. The van der Waals surface area contributed by atoms with Crippen LogP contribution in [0.15, 0.2) is 42.5 Å². The number of ketones is 1. The molecule has 6 nitrogen and oxygen atoms in total. The zero-order valence-electron chi connectivity index (χ0n) is 15.9. The summed E-state index contributed by atoms with van der Waals surface area (Å²) in [6.45, 7) is -0.487. The van der Waals surface area contributed by atoms with Gasteiger partial charge < -0.3 is 4.74 Å². The molecule has 0 aliphatic carbocycles. The molecular formula is C21H17Cl2NO5S. The number of rotatable bonds is 8. The lowest BCUT2D eigenvalue weighted by Gasteiger charge is -2.24. The van der Waals surface area contributed by atoms with Gasteiger partial charge in [0.25, 0.3) is 11.8 Å². The van der Waals surface area contributed by atoms with Crippen LogP contribution >= 0.6 is 35.0 Å². The Morgan fingerprint density at radius 2 is 1.60 bits per heavy atom. The Labute approximate surface area is 187 Å². The second-order valence-electron chi connectivity index (χ2n) is 6.49. The molecule has 0 N–H and O–H groups in total. The molecule has 0 bridgehead atoms. The molecule has 0 spiro atoms. The van der Waals surface area contributed by atoms with E-state index in [-0.39, 0.29) is 33.4 Å². The standard InChI is InChI=1S/C21H17Cl2NO5S/c1-30-8-7-17(21(28)29-11-18(25)12-5-3-2-4-6-12)24-19(26)13-9-15(22)16(23)10-14(13)20(24)27/h2-6,9-10,17H,7-8,11H2,1H3/t17-/m0/s1. The van der Waals surface area contributed by atoms with Gasteiger partial charge in [-0.3, -0.25) is 19.3 Å².